The normalized spacial score (nSPS) is 12.3. The second-order valence-electron chi connectivity index (χ2n) is 4.33. The Bertz CT molecular complexity index is 584. The van der Waals surface area contributed by atoms with Gasteiger partial charge in [0.05, 0.1) is 10.2 Å². The minimum absolute atomic E-state index is 0.00250. The molecule has 0 saturated heterocycles. The number of nitrogens with one attached hydrogen (secondary N) is 1. The van der Waals surface area contributed by atoms with Crippen LogP contribution in [0.25, 0.3) is 0 Å². The van der Waals surface area contributed by atoms with Crippen molar-refractivity contribution in [2.24, 2.45) is 0 Å². The zero-order valence-electron chi connectivity index (χ0n) is 10.5. The van der Waals surface area contributed by atoms with Gasteiger partial charge in [-0.2, -0.15) is 0 Å². The molecule has 19 heavy (non-hydrogen) atoms. The van der Waals surface area contributed by atoms with E-state index in [1.54, 1.807) is 18.3 Å². The summed E-state index contributed by atoms with van der Waals surface area (Å²) in [5.74, 6) is -0.272. The number of aryl methyl sites for hydroxylation is 1. The van der Waals surface area contributed by atoms with Crippen LogP contribution >= 0.6 is 27.5 Å². The number of benzene rings is 1. The van der Waals surface area contributed by atoms with E-state index in [0.29, 0.717) is 9.63 Å². The molecule has 0 aliphatic rings. The minimum atomic E-state index is -0.272. The van der Waals surface area contributed by atoms with Crippen molar-refractivity contribution in [3.8, 4) is 0 Å². The average Bonchev–Trinajstić information content (AvgIpc) is 2.37. The van der Waals surface area contributed by atoms with Gasteiger partial charge in [0.15, 0.2) is 5.15 Å². The van der Waals surface area contributed by atoms with Crippen molar-refractivity contribution in [2.75, 3.05) is 5.32 Å². The van der Waals surface area contributed by atoms with Gasteiger partial charge < -0.3 is 5.32 Å². The van der Waals surface area contributed by atoms with E-state index in [2.05, 4.69) is 26.2 Å². The van der Waals surface area contributed by atoms with Crippen molar-refractivity contribution >= 4 is 33.2 Å². The molecule has 0 bridgehead atoms. The lowest BCUT2D eigenvalue weighted by molar-refractivity contribution is 0.619. The van der Waals surface area contributed by atoms with Crippen LogP contribution in [0, 0.1) is 12.7 Å². The van der Waals surface area contributed by atoms with Gasteiger partial charge in [-0.25, -0.2) is 9.37 Å². The second-order valence-corrected chi connectivity index (χ2v) is 5.55. The molecule has 0 spiro atoms. The number of hydrogen-bond acceptors (Lipinski definition) is 2. The summed E-state index contributed by atoms with van der Waals surface area (Å²) in [5, 5.41) is 3.74. The number of anilines is 1. The lowest BCUT2D eigenvalue weighted by Gasteiger charge is -2.18. The second kappa shape index (κ2) is 5.88. The third-order valence-electron chi connectivity index (χ3n) is 2.92. The molecule has 2 aromatic rings. The van der Waals surface area contributed by atoms with Gasteiger partial charge >= 0.3 is 0 Å². The van der Waals surface area contributed by atoms with E-state index in [1.807, 2.05) is 19.9 Å². The highest BCUT2D eigenvalue weighted by Gasteiger charge is 2.11. The maximum atomic E-state index is 13.2. The van der Waals surface area contributed by atoms with Crippen LogP contribution in [0.4, 0.5) is 10.1 Å². The maximum Gasteiger partial charge on any atom is 0.152 e. The van der Waals surface area contributed by atoms with Crippen molar-refractivity contribution in [3.05, 3.63) is 57.0 Å². The van der Waals surface area contributed by atoms with Gasteiger partial charge in [-0.15, -0.1) is 0 Å². The van der Waals surface area contributed by atoms with Crippen LogP contribution in [-0.4, -0.2) is 4.98 Å². The summed E-state index contributed by atoms with van der Waals surface area (Å²) < 4.78 is 13.7. The number of hydrogen-bond donors (Lipinski definition) is 1. The van der Waals surface area contributed by atoms with E-state index < -0.39 is 0 Å². The first-order chi connectivity index (χ1) is 8.99. The minimum Gasteiger partial charge on any atom is -0.376 e. The largest absolute Gasteiger partial charge is 0.376 e. The van der Waals surface area contributed by atoms with E-state index in [-0.39, 0.29) is 11.9 Å². The summed E-state index contributed by atoms with van der Waals surface area (Å²) in [6.45, 7) is 3.95. The molecule has 100 valence electrons. The molecule has 2 nitrogen and oxygen atoms in total. The SMILES string of the molecule is Cc1ccnc(Cl)c1NC(C)c1ccc(F)c(Br)c1. The van der Waals surface area contributed by atoms with Gasteiger partial charge in [-0.1, -0.05) is 17.7 Å². The van der Waals surface area contributed by atoms with E-state index in [1.165, 1.54) is 6.07 Å². The fourth-order valence-electron chi connectivity index (χ4n) is 1.78. The van der Waals surface area contributed by atoms with Crippen LogP contribution in [0.2, 0.25) is 5.15 Å². The molecule has 1 unspecified atom stereocenters. The van der Waals surface area contributed by atoms with Gasteiger partial charge in [-0.05, 0) is 59.1 Å². The standard InChI is InChI=1S/C14H13BrClFN2/c1-8-5-6-18-14(16)13(8)19-9(2)10-3-4-12(17)11(15)7-10/h3-7,9,19H,1-2H3. The maximum absolute atomic E-state index is 13.2. The molecule has 1 atom stereocenters. The molecule has 1 aromatic heterocycles. The molecule has 1 aromatic carbocycles. The summed E-state index contributed by atoms with van der Waals surface area (Å²) in [4.78, 5) is 4.05. The highest BCUT2D eigenvalue weighted by atomic mass is 79.9. The Morgan fingerprint density at radius 2 is 2.11 bits per heavy atom. The quantitative estimate of drug-likeness (QED) is 0.783. The van der Waals surface area contributed by atoms with Crippen molar-refractivity contribution in [1.82, 2.24) is 4.98 Å². The van der Waals surface area contributed by atoms with Crippen molar-refractivity contribution in [1.29, 1.82) is 0 Å². The summed E-state index contributed by atoms with van der Waals surface area (Å²) in [5.41, 5.74) is 2.79. The molecule has 0 fully saturated rings. The number of nitrogens with zero attached hydrogens (tertiary/aromatic N) is 1. The zero-order chi connectivity index (χ0) is 14.0. The molecule has 2 rings (SSSR count). The highest BCUT2D eigenvalue weighted by molar-refractivity contribution is 9.10. The molecule has 0 amide bonds. The van der Waals surface area contributed by atoms with Gasteiger partial charge in [0.25, 0.3) is 0 Å². The first-order valence-corrected chi connectivity index (χ1v) is 6.98. The lowest BCUT2D eigenvalue weighted by Crippen LogP contribution is -2.09. The first kappa shape index (κ1) is 14.3. The van der Waals surface area contributed by atoms with E-state index >= 15 is 0 Å². The monoisotopic (exact) mass is 342 g/mol. The van der Waals surface area contributed by atoms with Crippen LogP contribution in [0.15, 0.2) is 34.9 Å². The fraction of sp³-hybridized carbons (Fsp3) is 0.214. The number of aromatic nitrogens is 1. The van der Waals surface area contributed by atoms with Crippen LogP contribution in [0.5, 0.6) is 0 Å². The van der Waals surface area contributed by atoms with Crippen molar-refractivity contribution < 1.29 is 4.39 Å². The van der Waals surface area contributed by atoms with Crippen molar-refractivity contribution in [3.63, 3.8) is 0 Å². The molecule has 0 radical (unpaired) electrons. The molecule has 0 saturated carbocycles. The predicted molar refractivity (Wildman–Crippen MR) is 80.1 cm³/mol. The third-order valence-corrected chi connectivity index (χ3v) is 3.81. The number of rotatable bonds is 3. The van der Waals surface area contributed by atoms with Crippen LogP contribution in [0.1, 0.15) is 24.1 Å². The molecule has 0 aliphatic carbocycles. The molecule has 1 heterocycles. The molecule has 1 N–H and O–H groups in total. The lowest BCUT2D eigenvalue weighted by atomic mass is 10.1. The van der Waals surface area contributed by atoms with Crippen LogP contribution in [0.3, 0.4) is 0 Å². The first-order valence-electron chi connectivity index (χ1n) is 5.81. The smallest absolute Gasteiger partial charge is 0.152 e. The highest BCUT2D eigenvalue weighted by Crippen LogP contribution is 2.29. The number of halogens is 3. The Hall–Kier alpha value is -1.13. The van der Waals surface area contributed by atoms with Crippen molar-refractivity contribution in [2.45, 2.75) is 19.9 Å². The molecular weight excluding hydrogens is 331 g/mol. The van der Waals surface area contributed by atoms with Crippen LogP contribution in [-0.2, 0) is 0 Å². The summed E-state index contributed by atoms with van der Waals surface area (Å²) in [6.07, 6.45) is 1.67. The third kappa shape index (κ3) is 3.25. The van der Waals surface area contributed by atoms with Gasteiger partial charge in [0, 0.05) is 12.2 Å². The van der Waals surface area contributed by atoms with E-state index in [0.717, 1.165) is 16.8 Å². The summed E-state index contributed by atoms with van der Waals surface area (Å²) in [6, 6.07) is 6.83. The Morgan fingerprint density at radius 1 is 1.37 bits per heavy atom. The Morgan fingerprint density at radius 3 is 2.74 bits per heavy atom. The summed E-state index contributed by atoms with van der Waals surface area (Å²) in [7, 11) is 0. The number of pyridine rings is 1. The van der Waals surface area contributed by atoms with E-state index in [4.69, 9.17) is 11.6 Å². The fourth-order valence-corrected chi connectivity index (χ4v) is 2.44. The zero-order valence-corrected chi connectivity index (χ0v) is 12.9. The van der Waals surface area contributed by atoms with Gasteiger partial charge in [0.2, 0.25) is 0 Å². The Labute approximate surface area is 125 Å². The topological polar surface area (TPSA) is 24.9 Å². The van der Waals surface area contributed by atoms with Crippen LogP contribution < -0.4 is 5.32 Å². The Balaban J connectivity index is 2.25. The predicted octanol–water partition coefficient (Wildman–Crippen LogP) is 5.12. The average molecular weight is 344 g/mol. The summed E-state index contributed by atoms with van der Waals surface area (Å²) >= 11 is 9.26. The van der Waals surface area contributed by atoms with E-state index in [9.17, 15) is 4.39 Å². The van der Waals surface area contributed by atoms with Gasteiger partial charge in [0.1, 0.15) is 5.82 Å². The molecular formula is C14H13BrClFN2. The molecule has 5 heteroatoms. The Kier molecular flexibility index (Phi) is 4.42. The van der Waals surface area contributed by atoms with Gasteiger partial charge in [-0.3, -0.25) is 0 Å². The molecule has 0 aliphatic heterocycles.